The molecule has 1 unspecified atom stereocenters. The molecular weight excluding hydrogens is 130 g/mol. The van der Waals surface area contributed by atoms with E-state index < -0.39 is 5.97 Å². The van der Waals surface area contributed by atoms with E-state index in [0.717, 1.165) is 18.6 Å². The second kappa shape index (κ2) is 2.82. The molecular formula is C7H11NO2. The van der Waals surface area contributed by atoms with Gasteiger partial charge in [0.05, 0.1) is 12.5 Å². The van der Waals surface area contributed by atoms with Gasteiger partial charge in [0.2, 0.25) is 0 Å². The molecule has 0 amide bonds. The van der Waals surface area contributed by atoms with E-state index in [4.69, 9.17) is 5.11 Å². The second-order valence-electron chi connectivity index (χ2n) is 2.65. The average Bonchev–Trinajstić information content (AvgIpc) is 1.88. The minimum atomic E-state index is -0.712. The maximum absolute atomic E-state index is 10.4. The van der Waals surface area contributed by atoms with E-state index in [1.54, 1.807) is 0 Å². The smallest absolute Gasteiger partial charge is 0.308 e. The fourth-order valence-corrected chi connectivity index (χ4v) is 1.02. The molecule has 3 nitrogen and oxygen atoms in total. The van der Waals surface area contributed by atoms with Gasteiger partial charge in [-0.15, -0.1) is 0 Å². The number of nitrogens with zero attached hydrogens (tertiary/aromatic N) is 1. The third-order valence-corrected chi connectivity index (χ3v) is 1.79. The Kier molecular flexibility index (Phi) is 2.04. The van der Waals surface area contributed by atoms with E-state index >= 15 is 0 Å². The van der Waals surface area contributed by atoms with Gasteiger partial charge in [-0.1, -0.05) is 0 Å². The van der Waals surface area contributed by atoms with Crippen LogP contribution in [0.2, 0.25) is 0 Å². The molecule has 3 heteroatoms. The van der Waals surface area contributed by atoms with Crippen LogP contribution in [-0.4, -0.2) is 23.3 Å². The second-order valence-corrected chi connectivity index (χ2v) is 2.65. The van der Waals surface area contributed by atoms with Crippen molar-refractivity contribution >= 4 is 11.7 Å². The van der Waals surface area contributed by atoms with Crippen molar-refractivity contribution in [3.05, 3.63) is 0 Å². The van der Waals surface area contributed by atoms with Gasteiger partial charge in [-0.25, -0.2) is 0 Å². The molecule has 0 bridgehead atoms. The van der Waals surface area contributed by atoms with Crippen molar-refractivity contribution in [3.8, 4) is 0 Å². The van der Waals surface area contributed by atoms with Gasteiger partial charge in [0.1, 0.15) is 0 Å². The zero-order chi connectivity index (χ0) is 7.56. The molecule has 0 aromatic carbocycles. The van der Waals surface area contributed by atoms with E-state index in [1.807, 2.05) is 6.92 Å². The minimum absolute atomic E-state index is 0.233. The summed E-state index contributed by atoms with van der Waals surface area (Å²) in [5, 5.41) is 8.56. The van der Waals surface area contributed by atoms with Crippen LogP contribution in [0.3, 0.4) is 0 Å². The predicted molar refractivity (Wildman–Crippen MR) is 38.3 cm³/mol. The molecule has 56 valence electrons. The highest BCUT2D eigenvalue weighted by Gasteiger charge is 2.19. The highest BCUT2D eigenvalue weighted by Crippen LogP contribution is 2.13. The number of hydrogen-bond acceptors (Lipinski definition) is 2. The van der Waals surface area contributed by atoms with Crippen molar-refractivity contribution in [1.29, 1.82) is 0 Å². The lowest BCUT2D eigenvalue weighted by Gasteiger charge is -2.14. The van der Waals surface area contributed by atoms with E-state index in [-0.39, 0.29) is 5.92 Å². The maximum atomic E-state index is 10.4. The molecule has 0 aromatic heterocycles. The van der Waals surface area contributed by atoms with Gasteiger partial charge in [-0.3, -0.25) is 9.79 Å². The maximum Gasteiger partial charge on any atom is 0.308 e. The van der Waals surface area contributed by atoms with Crippen LogP contribution in [0.4, 0.5) is 0 Å². The van der Waals surface area contributed by atoms with Gasteiger partial charge in [-0.2, -0.15) is 0 Å². The van der Waals surface area contributed by atoms with Crippen molar-refractivity contribution in [3.63, 3.8) is 0 Å². The molecule has 0 saturated carbocycles. The molecule has 1 atom stereocenters. The van der Waals surface area contributed by atoms with Gasteiger partial charge < -0.3 is 5.11 Å². The van der Waals surface area contributed by atoms with Crippen molar-refractivity contribution < 1.29 is 9.90 Å². The molecule has 0 fully saturated rings. The number of carboxylic acids is 1. The van der Waals surface area contributed by atoms with Gasteiger partial charge in [0.15, 0.2) is 0 Å². The van der Waals surface area contributed by atoms with Crippen LogP contribution in [0.25, 0.3) is 0 Å². The Balaban J connectivity index is 2.50. The molecule has 0 aliphatic carbocycles. The number of carboxylic acid groups (broad SMARTS) is 1. The molecule has 0 radical (unpaired) electrons. The average molecular weight is 141 g/mol. The third-order valence-electron chi connectivity index (χ3n) is 1.79. The van der Waals surface area contributed by atoms with Gasteiger partial charge >= 0.3 is 5.97 Å². The molecule has 0 spiro atoms. The van der Waals surface area contributed by atoms with Crippen LogP contribution in [-0.2, 0) is 4.79 Å². The minimum Gasteiger partial charge on any atom is -0.481 e. The fraction of sp³-hybridized carbons (Fsp3) is 0.714. The first-order valence-corrected chi connectivity index (χ1v) is 3.43. The summed E-state index contributed by atoms with van der Waals surface area (Å²) < 4.78 is 0. The van der Waals surface area contributed by atoms with Gasteiger partial charge in [0, 0.05) is 5.71 Å². The Bertz CT molecular complexity index is 174. The first-order chi connectivity index (χ1) is 4.70. The zero-order valence-corrected chi connectivity index (χ0v) is 6.00. The summed E-state index contributed by atoms with van der Waals surface area (Å²) in [5.41, 5.74) is 1.08. The Labute approximate surface area is 59.8 Å². The SMILES string of the molecule is CC1=NCC(C(=O)O)CC1. The molecule has 1 aliphatic rings. The van der Waals surface area contributed by atoms with Gasteiger partial charge in [-0.05, 0) is 19.8 Å². The summed E-state index contributed by atoms with van der Waals surface area (Å²) >= 11 is 0. The van der Waals surface area contributed by atoms with Crippen molar-refractivity contribution in [1.82, 2.24) is 0 Å². The first-order valence-electron chi connectivity index (χ1n) is 3.43. The molecule has 1 rings (SSSR count). The Morgan fingerprint density at radius 1 is 1.80 bits per heavy atom. The highest BCUT2D eigenvalue weighted by molar-refractivity contribution is 5.84. The first kappa shape index (κ1) is 7.25. The monoisotopic (exact) mass is 141 g/mol. The number of hydrogen-bond donors (Lipinski definition) is 1. The van der Waals surface area contributed by atoms with Crippen LogP contribution >= 0.6 is 0 Å². The summed E-state index contributed by atoms with van der Waals surface area (Å²) in [6.45, 7) is 2.42. The molecule has 0 aromatic rings. The van der Waals surface area contributed by atoms with Crippen molar-refractivity contribution in [2.45, 2.75) is 19.8 Å². The number of aliphatic imine (C=N–C) groups is 1. The Morgan fingerprint density at radius 2 is 2.50 bits per heavy atom. The zero-order valence-electron chi connectivity index (χ0n) is 6.00. The summed E-state index contributed by atoms with van der Waals surface area (Å²) in [7, 11) is 0. The summed E-state index contributed by atoms with van der Waals surface area (Å²) in [5.74, 6) is -0.944. The lowest BCUT2D eigenvalue weighted by Crippen LogP contribution is -2.21. The van der Waals surface area contributed by atoms with E-state index in [1.165, 1.54) is 0 Å². The molecule has 1 aliphatic heterocycles. The van der Waals surface area contributed by atoms with Crippen LogP contribution < -0.4 is 0 Å². The van der Waals surface area contributed by atoms with Crippen LogP contribution in [0.15, 0.2) is 4.99 Å². The van der Waals surface area contributed by atoms with Crippen LogP contribution in [0.1, 0.15) is 19.8 Å². The normalized spacial score (nSPS) is 25.7. The van der Waals surface area contributed by atoms with Crippen LogP contribution in [0, 0.1) is 5.92 Å². The lowest BCUT2D eigenvalue weighted by atomic mass is 9.99. The van der Waals surface area contributed by atoms with E-state index in [9.17, 15) is 4.79 Å². The predicted octanol–water partition coefficient (Wildman–Crippen LogP) is 0.942. The third kappa shape index (κ3) is 1.56. The van der Waals surface area contributed by atoms with Crippen LogP contribution in [0.5, 0.6) is 0 Å². The highest BCUT2D eigenvalue weighted by atomic mass is 16.4. The number of carbonyl (C=O) groups is 1. The lowest BCUT2D eigenvalue weighted by molar-refractivity contribution is -0.141. The summed E-state index contributed by atoms with van der Waals surface area (Å²) in [6.07, 6.45) is 1.60. The summed E-state index contributed by atoms with van der Waals surface area (Å²) in [6, 6.07) is 0. The molecule has 1 N–H and O–H groups in total. The fourth-order valence-electron chi connectivity index (χ4n) is 1.02. The molecule has 10 heavy (non-hydrogen) atoms. The quantitative estimate of drug-likeness (QED) is 0.590. The Morgan fingerprint density at radius 3 is 2.90 bits per heavy atom. The van der Waals surface area contributed by atoms with E-state index in [2.05, 4.69) is 4.99 Å². The van der Waals surface area contributed by atoms with Gasteiger partial charge in [0.25, 0.3) is 0 Å². The topological polar surface area (TPSA) is 49.7 Å². The van der Waals surface area contributed by atoms with Crippen molar-refractivity contribution in [2.75, 3.05) is 6.54 Å². The number of rotatable bonds is 1. The standard InChI is InChI=1S/C7H11NO2/c1-5-2-3-6(4-8-5)7(9)10/h6H,2-4H2,1H3,(H,9,10). The van der Waals surface area contributed by atoms with Crippen molar-refractivity contribution in [2.24, 2.45) is 10.9 Å². The molecule has 1 heterocycles. The molecule has 0 saturated heterocycles. The van der Waals surface area contributed by atoms with E-state index in [0.29, 0.717) is 6.54 Å². The number of aliphatic carboxylic acids is 1. The summed E-state index contributed by atoms with van der Waals surface area (Å²) in [4.78, 5) is 14.5. The Hall–Kier alpha value is -0.860. The largest absolute Gasteiger partial charge is 0.481 e.